The predicted octanol–water partition coefficient (Wildman–Crippen LogP) is 3.26. The van der Waals surface area contributed by atoms with E-state index in [0.29, 0.717) is 11.5 Å². The van der Waals surface area contributed by atoms with E-state index >= 15 is 0 Å². The zero-order chi connectivity index (χ0) is 13.7. The Morgan fingerprint density at radius 2 is 2.05 bits per heavy atom. The molecule has 2 fully saturated rings. The van der Waals surface area contributed by atoms with Crippen molar-refractivity contribution in [2.75, 3.05) is 19.6 Å². The van der Waals surface area contributed by atoms with Crippen LogP contribution in [-0.2, 0) is 0 Å². The highest BCUT2D eigenvalue weighted by atomic mass is 15.2. The van der Waals surface area contributed by atoms with Crippen LogP contribution in [0.15, 0.2) is 29.5 Å². The van der Waals surface area contributed by atoms with Gasteiger partial charge in [0.05, 0.1) is 0 Å². The maximum Gasteiger partial charge on any atom is 0.0236 e. The summed E-state index contributed by atoms with van der Waals surface area (Å²) in [5.41, 5.74) is 11.2. The molecule has 0 amide bonds. The number of nitrogens with two attached hydrogens (primary N) is 1. The van der Waals surface area contributed by atoms with Crippen LogP contribution in [0.5, 0.6) is 0 Å². The third-order valence-electron chi connectivity index (χ3n) is 4.82. The summed E-state index contributed by atoms with van der Waals surface area (Å²) >= 11 is 0. The molecule has 1 heterocycles. The SMILES string of the molecule is CC=C=C/C(=C\C)CN1CCC2(CCC(N)CC2)C1. The summed E-state index contributed by atoms with van der Waals surface area (Å²) in [6.07, 6.45) is 12.8. The Hall–Kier alpha value is -0.820. The van der Waals surface area contributed by atoms with Crippen molar-refractivity contribution in [3.05, 3.63) is 29.5 Å². The summed E-state index contributed by atoms with van der Waals surface area (Å²) in [7, 11) is 0. The molecular weight excluding hydrogens is 232 g/mol. The van der Waals surface area contributed by atoms with Gasteiger partial charge in [0.25, 0.3) is 0 Å². The number of hydrogen-bond acceptors (Lipinski definition) is 2. The van der Waals surface area contributed by atoms with Crippen LogP contribution >= 0.6 is 0 Å². The van der Waals surface area contributed by atoms with Crippen molar-refractivity contribution in [3.63, 3.8) is 0 Å². The minimum atomic E-state index is 0.461. The lowest BCUT2D eigenvalue weighted by Crippen LogP contribution is -2.36. The van der Waals surface area contributed by atoms with E-state index in [1.54, 1.807) is 0 Å². The van der Waals surface area contributed by atoms with Gasteiger partial charge in [0.2, 0.25) is 0 Å². The van der Waals surface area contributed by atoms with E-state index in [1.807, 2.05) is 13.0 Å². The van der Waals surface area contributed by atoms with Gasteiger partial charge >= 0.3 is 0 Å². The number of likely N-dealkylation sites (tertiary alicyclic amines) is 1. The molecule has 1 aliphatic heterocycles. The molecule has 106 valence electrons. The maximum absolute atomic E-state index is 6.04. The van der Waals surface area contributed by atoms with E-state index < -0.39 is 0 Å². The van der Waals surface area contributed by atoms with Gasteiger partial charge in [-0.05, 0) is 75.6 Å². The molecule has 19 heavy (non-hydrogen) atoms. The standard InChI is InChI=1S/C17H28N2/c1-3-5-6-15(4-2)13-19-12-11-17(14-19)9-7-16(18)8-10-17/h3-4,6,16H,7-14,18H2,1-2H3/b15-4+. The van der Waals surface area contributed by atoms with E-state index in [1.165, 1.54) is 50.8 Å². The lowest BCUT2D eigenvalue weighted by atomic mass is 9.72. The Kier molecular flexibility index (Phi) is 5.04. The predicted molar refractivity (Wildman–Crippen MR) is 82.0 cm³/mol. The topological polar surface area (TPSA) is 29.3 Å². The Morgan fingerprint density at radius 3 is 2.68 bits per heavy atom. The fourth-order valence-corrected chi connectivity index (χ4v) is 3.49. The number of nitrogens with zero attached hydrogens (tertiary/aromatic N) is 1. The van der Waals surface area contributed by atoms with E-state index in [2.05, 4.69) is 29.7 Å². The van der Waals surface area contributed by atoms with Crippen LogP contribution in [0.1, 0.15) is 46.0 Å². The van der Waals surface area contributed by atoms with Gasteiger partial charge < -0.3 is 5.73 Å². The zero-order valence-electron chi connectivity index (χ0n) is 12.5. The highest BCUT2D eigenvalue weighted by molar-refractivity contribution is 5.19. The Labute approximate surface area is 118 Å². The number of allylic oxidation sites excluding steroid dienone is 1. The molecule has 0 aromatic heterocycles. The lowest BCUT2D eigenvalue weighted by molar-refractivity contribution is 0.177. The molecule has 1 aliphatic carbocycles. The van der Waals surface area contributed by atoms with Crippen LogP contribution in [0.25, 0.3) is 0 Å². The first-order valence-electron chi connectivity index (χ1n) is 7.68. The van der Waals surface area contributed by atoms with Crippen molar-refractivity contribution in [3.8, 4) is 0 Å². The minimum absolute atomic E-state index is 0.461. The molecule has 1 saturated heterocycles. The van der Waals surface area contributed by atoms with Gasteiger partial charge in [-0.25, -0.2) is 0 Å². The average Bonchev–Trinajstić information content (AvgIpc) is 2.81. The summed E-state index contributed by atoms with van der Waals surface area (Å²) < 4.78 is 0. The van der Waals surface area contributed by atoms with Crippen LogP contribution in [0.2, 0.25) is 0 Å². The van der Waals surface area contributed by atoms with Crippen LogP contribution in [-0.4, -0.2) is 30.6 Å². The second-order valence-corrected chi connectivity index (χ2v) is 6.26. The third-order valence-corrected chi connectivity index (χ3v) is 4.82. The Balaban J connectivity index is 1.90. The summed E-state index contributed by atoms with van der Waals surface area (Å²) in [5.74, 6) is 0. The minimum Gasteiger partial charge on any atom is -0.328 e. The Bertz CT molecular complexity index is 380. The van der Waals surface area contributed by atoms with E-state index in [-0.39, 0.29) is 0 Å². The van der Waals surface area contributed by atoms with E-state index in [4.69, 9.17) is 5.73 Å². The molecule has 2 aliphatic rings. The highest BCUT2D eigenvalue weighted by Gasteiger charge is 2.40. The summed E-state index contributed by atoms with van der Waals surface area (Å²) in [5, 5.41) is 0. The summed E-state index contributed by atoms with van der Waals surface area (Å²) in [6.45, 7) is 7.72. The molecule has 0 aromatic rings. The van der Waals surface area contributed by atoms with Crippen molar-refractivity contribution in [1.29, 1.82) is 0 Å². The number of rotatable bonds is 3. The fraction of sp³-hybridized carbons (Fsp3) is 0.706. The van der Waals surface area contributed by atoms with Crippen LogP contribution in [0, 0.1) is 5.41 Å². The first-order valence-corrected chi connectivity index (χ1v) is 7.68. The van der Waals surface area contributed by atoms with Gasteiger partial charge in [-0.1, -0.05) is 6.08 Å². The van der Waals surface area contributed by atoms with Gasteiger partial charge in [-0.15, -0.1) is 5.73 Å². The van der Waals surface area contributed by atoms with Crippen molar-refractivity contribution >= 4 is 0 Å². The quantitative estimate of drug-likeness (QED) is 0.623. The second-order valence-electron chi connectivity index (χ2n) is 6.26. The van der Waals surface area contributed by atoms with E-state index in [0.717, 1.165) is 6.54 Å². The smallest absolute Gasteiger partial charge is 0.0236 e. The molecule has 2 nitrogen and oxygen atoms in total. The largest absolute Gasteiger partial charge is 0.328 e. The van der Waals surface area contributed by atoms with Crippen molar-refractivity contribution < 1.29 is 0 Å². The molecule has 1 spiro atoms. The van der Waals surface area contributed by atoms with Crippen molar-refractivity contribution in [2.24, 2.45) is 11.1 Å². The maximum atomic E-state index is 6.04. The highest BCUT2D eigenvalue weighted by Crippen LogP contribution is 2.43. The van der Waals surface area contributed by atoms with E-state index in [9.17, 15) is 0 Å². The Morgan fingerprint density at radius 1 is 1.32 bits per heavy atom. The van der Waals surface area contributed by atoms with Crippen LogP contribution < -0.4 is 5.73 Å². The number of hydrogen-bond donors (Lipinski definition) is 1. The van der Waals surface area contributed by atoms with Crippen molar-refractivity contribution in [1.82, 2.24) is 4.90 Å². The van der Waals surface area contributed by atoms with Gasteiger partial charge in [0.15, 0.2) is 0 Å². The molecule has 2 N–H and O–H groups in total. The second kappa shape index (κ2) is 6.56. The lowest BCUT2D eigenvalue weighted by Gasteiger charge is -2.36. The molecule has 2 rings (SSSR count). The molecule has 0 bridgehead atoms. The molecule has 2 heteroatoms. The molecule has 0 unspecified atom stereocenters. The first-order chi connectivity index (χ1) is 9.17. The fourth-order valence-electron chi connectivity index (χ4n) is 3.49. The molecular formula is C17H28N2. The average molecular weight is 260 g/mol. The molecule has 0 aromatic carbocycles. The van der Waals surface area contributed by atoms with Crippen LogP contribution in [0.4, 0.5) is 0 Å². The monoisotopic (exact) mass is 260 g/mol. The van der Waals surface area contributed by atoms with Gasteiger partial charge in [0.1, 0.15) is 0 Å². The van der Waals surface area contributed by atoms with Crippen LogP contribution in [0.3, 0.4) is 0 Å². The zero-order valence-corrected chi connectivity index (χ0v) is 12.5. The van der Waals surface area contributed by atoms with Crippen molar-refractivity contribution in [2.45, 2.75) is 52.0 Å². The normalized spacial score (nSPS) is 32.4. The van der Waals surface area contributed by atoms with Gasteiger partial charge in [-0.2, -0.15) is 0 Å². The van der Waals surface area contributed by atoms with Gasteiger partial charge in [-0.3, -0.25) is 4.90 Å². The molecule has 0 radical (unpaired) electrons. The molecule has 1 saturated carbocycles. The van der Waals surface area contributed by atoms with Gasteiger partial charge in [0, 0.05) is 19.1 Å². The summed E-state index contributed by atoms with van der Waals surface area (Å²) in [6, 6.07) is 0.461. The molecule has 0 atom stereocenters. The third kappa shape index (κ3) is 3.82. The summed E-state index contributed by atoms with van der Waals surface area (Å²) in [4.78, 5) is 2.61. The first kappa shape index (κ1) is 14.6.